The van der Waals surface area contributed by atoms with Crippen molar-refractivity contribution < 1.29 is 13.9 Å². The van der Waals surface area contributed by atoms with Crippen LogP contribution in [0.2, 0.25) is 0 Å². The molecule has 1 aromatic carbocycles. The molecule has 0 aliphatic rings. The molecule has 0 fully saturated rings. The summed E-state index contributed by atoms with van der Waals surface area (Å²) in [5.74, 6) is 2.45. The van der Waals surface area contributed by atoms with E-state index in [-0.39, 0.29) is 6.04 Å². The smallest absolute Gasteiger partial charge is 0.161 e. The molecule has 2 rings (SSSR count). The Morgan fingerprint density at radius 3 is 2.50 bits per heavy atom. The maximum Gasteiger partial charge on any atom is 0.161 e. The fraction of sp³-hybridized carbons (Fsp3) is 0.375. The number of benzene rings is 1. The van der Waals surface area contributed by atoms with Gasteiger partial charge in [0.15, 0.2) is 11.5 Å². The lowest BCUT2D eigenvalue weighted by Gasteiger charge is -2.16. The first-order chi connectivity index (χ1) is 9.65. The van der Waals surface area contributed by atoms with E-state index in [0.29, 0.717) is 6.54 Å². The lowest BCUT2D eigenvalue weighted by Crippen LogP contribution is -2.18. The van der Waals surface area contributed by atoms with E-state index in [1.54, 1.807) is 20.5 Å². The zero-order valence-electron chi connectivity index (χ0n) is 12.4. The average molecular weight is 275 g/mol. The average Bonchev–Trinajstić information content (AvgIpc) is 2.89. The van der Waals surface area contributed by atoms with E-state index in [0.717, 1.165) is 28.4 Å². The highest BCUT2D eigenvalue weighted by Gasteiger charge is 2.11. The molecule has 1 atom stereocenters. The van der Waals surface area contributed by atoms with Crippen LogP contribution in [0.4, 0.5) is 0 Å². The minimum atomic E-state index is 0.194. The van der Waals surface area contributed by atoms with Crippen molar-refractivity contribution in [1.29, 1.82) is 0 Å². The van der Waals surface area contributed by atoms with Gasteiger partial charge in [-0.05, 0) is 43.2 Å². The Labute approximate surface area is 119 Å². The SMILES string of the molecule is COc1ccc(C(C)NCc2occc2C)cc1OC. The molecule has 0 aliphatic heterocycles. The van der Waals surface area contributed by atoms with Gasteiger partial charge in [-0.15, -0.1) is 0 Å². The van der Waals surface area contributed by atoms with Gasteiger partial charge in [-0.1, -0.05) is 6.07 Å². The molecule has 0 saturated carbocycles. The highest BCUT2D eigenvalue weighted by molar-refractivity contribution is 5.43. The second-order valence-electron chi connectivity index (χ2n) is 4.74. The Morgan fingerprint density at radius 1 is 1.15 bits per heavy atom. The number of hydrogen-bond acceptors (Lipinski definition) is 4. The van der Waals surface area contributed by atoms with E-state index in [2.05, 4.69) is 12.2 Å². The third kappa shape index (κ3) is 3.14. The zero-order valence-corrected chi connectivity index (χ0v) is 12.4. The largest absolute Gasteiger partial charge is 0.493 e. The first-order valence-electron chi connectivity index (χ1n) is 6.64. The summed E-state index contributed by atoms with van der Waals surface area (Å²) in [6.07, 6.45) is 1.72. The summed E-state index contributed by atoms with van der Waals surface area (Å²) in [6.45, 7) is 4.86. The predicted octanol–water partition coefficient (Wildman–Crippen LogP) is 3.46. The van der Waals surface area contributed by atoms with Gasteiger partial charge < -0.3 is 19.2 Å². The highest BCUT2D eigenvalue weighted by Crippen LogP contribution is 2.30. The standard InChI is InChI=1S/C16H21NO3/c1-11-7-8-20-16(11)10-17-12(2)13-5-6-14(18-3)15(9-13)19-4/h5-9,12,17H,10H2,1-4H3. The molecule has 0 saturated heterocycles. The number of aryl methyl sites for hydroxylation is 1. The maximum atomic E-state index is 5.42. The van der Waals surface area contributed by atoms with Crippen LogP contribution >= 0.6 is 0 Å². The van der Waals surface area contributed by atoms with Crippen LogP contribution in [0.25, 0.3) is 0 Å². The molecule has 4 nitrogen and oxygen atoms in total. The lowest BCUT2D eigenvalue weighted by atomic mass is 10.1. The van der Waals surface area contributed by atoms with Crippen LogP contribution in [0.15, 0.2) is 34.9 Å². The van der Waals surface area contributed by atoms with E-state index in [1.807, 2.05) is 31.2 Å². The van der Waals surface area contributed by atoms with Crippen molar-refractivity contribution in [3.63, 3.8) is 0 Å². The van der Waals surface area contributed by atoms with E-state index >= 15 is 0 Å². The summed E-state index contributed by atoms with van der Waals surface area (Å²) < 4.78 is 16.0. The summed E-state index contributed by atoms with van der Waals surface area (Å²) >= 11 is 0. The van der Waals surface area contributed by atoms with Crippen molar-refractivity contribution in [3.05, 3.63) is 47.4 Å². The number of nitrogens with one attached hydrogen (secondary N) is 1. The Kier molecular flexibility index (Phi) is 4.69. The van der Waals surface area contributed by atoms with Gasteiger partial charge in [0.2, 0.25) is 0 Å². The number of methoxy groups -OCH3 is 2. The van der Waals surface area contributed by atoms with E-state index in [4.69, 9.17) is 13.9 Å². The van der Waals surface area contributed by atoms with Gasteiger partial charge in [0, 0.05) is 6.04 Å². The topological polar surface area (TPSA) is 43.6 Å². The van der Waals surface area contributed by atoms with Crippen molar-refractivity contribution in [3.8, 4) is 11.5 Å². The van der Waals surface area contributed by atoms with Gasteiger partial charge >= 0.3 is 0 Å². The van der Waals surface area contributed by atoms with Crippen LogP contribution in [0.3, 0.4) is 0 Å². The lowest BCUT2D eigenvalue weighted by molar-refractivity contribution is 0.354. The summed E-state index contributed by atoms with van der Waals surface area (Å²) in [5.41, 5.74) is 2.31. The highest BCUT2D eigenvalue weighted by atomic mass is 16.5. The van der Waals surface area contributed by atoms with Crippen molar-refractivity contribution in [2.75, 3.05) is 14.2 Å². The molecule has 1 unspecified atom stereocenters. The second-order valence-corrected chi connectivity index (χ2v) is 4.74. The van der Waals surface area contributed by atoms with Gasteiger partial charge in [-0.3, -0.25) is 0 Å². The zero-order chi connectivity index (χ0) is 14.5. The van der Waals surface area contributed by atoms with Crippen molar-refractivity contribution >= 4 is 0 Å². The molecule has 4 heteroatoms. The Morgan fingerprint density at radius 2 is 1.90 bits per heavy atom. The fourth-order valence-corrected chi connectivity index (χ4v) is 2.07. The molecule has 0 aliphatic carbocycles. The van der Waals surface area contributed by atoms with Crippen LogP contribution < -0.4 is 14.8 Å². The summed E-state index contributed by atoms with van der Waals surface area (Å²) in [4.78, 5) is 0. The molecular weight excluding hydrogens is 254 g/mol. The molecule has 20 heavy (non-hydrogen) atoms. The molecular formula is C16H21NO3. The molecule has 1 heterocycles. The first kappa shape index (κ1) is 14.5. The van der Waals surface area contributed by atoms with E-state index < -0.39 is 0 Å². The quantitative estimate of drug-likeness (QED) is 0.877. The first-order valence-corrected chi connectivity index (χ1v) is 6.64. The Bertz CT molecular complexity index is 563. The number of rotatable bonds is 6. The molecule has 0 bridgehead atoms. The van der Waals surface area contributed by atoms with Gasteiger partial charge in [0.05, 0.1) is 27.0 Å². The van der Waals surface area contributed by atoms with Crippen molar-refractivity contribution in [2.24, 2.45) is 0 Å². The minimum absolute atomic E-state index is 0.194. The van der Waals surface area contributed by atoms with Gasteiger partial charge in [-0.25, -0.2) is 0 Å². The van der Waals surface area contributed by atoms with Crippen molar-refractivity contribution in [2.45, 2.75) is 26.4 Å². The third-order valence-electron chi connectivity index (χ3n) is 3.44. The van der Waals surface area contributed by atoms with E-state index in [1.165, 1.54) is 0 Å². The fourth-order valence-electron chi connectivity index (χ4n) is 2.07. The molecule has 108 valence electrons. The molecule has 1 aromatic heterocycles. The van der Waals surface area contributed by atoms with Crippen LogP contribution in [-0.4, -0.2) is 14.2 Å². The Hall–Kier alpha value is -1.94. The van der Waals surface area contributed by atoms with Crippen LogP contribution in [0.5, 0.6) is 11.5 Å². The van der Waals surface area contributed by atoms with Crippen LogP contribution in [0, 0.1) is 6.92 Å². The predicted molar refractivity (Wildman–Crippen MR) is 78.2 cm³/mol. The maximum absolute atomic E-state index is 5.42. The molecule has 0 spiro atoms. The summed E-state index contributed by atoms with van der Waals surface area (Å²) in [6, 6.07) is 8.11. The number of hydrogen-bond donors (Lipinski definition) is 1. The van der Waals surface area contributed by atoms with Gasteiger partial charge in [-0.2, -0.15) is 0 Å². The summed E-state index contributed by atoms with van der Waals surface area (Å²) in [5, 5.41) is 3.44. The van der Waals surface area contributed by atoms with Gasteiger partial charge in [0.25, 0.3) is 0 Å². The molecule has 1 N–H and O–H groups in total. The van der Waals surface area contributed by atoms with Crippen LogP contribution in [-0.2, 0) is 6.54 Å². The number of furan rings is 1. The normalized spacial score (nSPS) is 12.2. The Balaban J connectivity index is 2.05. The van der Waals surface area contributed by atoms with Crippen molar-refractivity contribution in [1.82, 2.24) is 5.32 Å². The molecule has 0 amide bonds. The number of ether oxygens (including phenoxy) is 2. The molecule has 2 aromatic rings. The second kappa shape index (κ2) is 6.48. The van der Waals surface area contributed by atoms with E-state index in [9.17, 15) is 0 Å². The third-order valence-corrected chi connectivity index (χ3v) is 3.44. The minimum Gasteiger partial charge on any atom is -0.493 e. The molecule has 0 radical (unpaired) electrons. The monoisotopic (exact) mass is 275 g/mol. The van der Waals surface area contributed by atoms with Gasteiger partial charge in [0.1, 0.15) is 5.76 Å². The van der Waals surface area contributed by atoms with Crippen LogP contribution in [0.1, 0.15) is 29.9 Å². The summed E-state index contributed by atoms with van der Waals surface area (Å²) in [7, 11) is 3.28.